The Morgan fingerprint density at radius 2 is 1.85 bits per heavy atom. The highest BCUT2D eigenvalue weighted by Crippen LogP contribution is 2.25. The van der Waals surface area contributed by atoms with Crippen molar-refractivity contribution >= 4 is 5.82 Å². The number of piperazine rings is 1. The van der Waals surface area contributed by atoms with Crippen LogP contribution in [0.15, 0.2) is 23.3 Å². The van der Waals surface area contributed by atoms with E-state index >= 15 is 0 Å². The Bertz CT molecular complexity index is 857. The summed E-state index contributed by atoms with van der Waals surface area (Å²) in [6.07, 6.45) is 2.71. The lowest BCUT2D eigenvalue weighted by Gasteiger charge is -2.37. The first kappa shape index (κ1) is 18.1. The number of aryl methyl sites for hydroxylation is 1. The van der Waals surface area contributed by atoms with Crippen molar-refractivity contribution in [2.75, 3.05) is 51.2 Å². The lowest BCUT2D eigenvalue weighted by atomic mass is 10.1. The molecule has 0 saturated carbocycles. The van der Waals surface area contributed by atoms with Crippen molar-refractivity contribution in [3.63, 3.8) is 0 Å². The molecule has 0 radical (unpaired) electrons. The molecule has 4 heterocycles. The molecule has 8 nitrogen and oxygen atoms in total. The molecule has 1 fully saturated rings. The average molecular weight is 369 g/mol. The van der Waals surface area contributed by atoms with Crippen molar-refractivity contribution in [3.05, 3.63) is 45.8 Å². The van der Waals surface area contributed by atoms with E-state index in [1.807, 2.05) is 6.92 Å². The van der Waals surface area contributed by atoms with Crippen molar-refractivity contribution in [1.29, 1.82) is 0 Å². The van der Waals surface area contributed by atoms with Gasteiger partial charge in [0.2, 0.25) is 0 Å². The molecule has 2 aliphatic heterocycles. The molecule has 0 atom stereocenters. The number of anilines is 1. The van der Waals surface area contributed by atoms with Crippen LogP contribution in [0, 0.1) is 6.92 Å². The van der Waals surface area contributed by atoms with Gasteiger partial charge in [0.1, 0.15) is 12.1 Å². The minimum absolute atomic E-state index is 0.0315. The lowest BCUT2D eigenvalue weighted by molar-refractivity contribution is 0.241. The van der Waals surface area contributed by atoms with Gasteiger partial charge in [-0.15, -0.1) is 0 Å². The Hall–Kier alpha value is -2.32. The molecule has 2 aromatic heterocycles. The van der Waals surface area contributed by atoms with Crippen LogP contribution < -0.4 is 10.5 Å². The van der Waals surface area contributed by atoms with E-state index in [1.165, 1.54) is 11.3 Å². The Morgan fingerprint density at radius 1 is 1.04 bits per heavy atom. The summed E-state index contributed by atoms with van der Waals surface area (Å²) in [5.41, 5.74) is 3.33. The van der Waals surface area contributed by atoms with Gasteiger partial charge in [-0.3, -0.25) is 9.69 Å². The Morgan fingerprint density at radius 3 is 2.67 bits per heavy atom. The maximum Gasteiger partial charge on any atom is 0.266 e. The molecule has 144 valence electrons. The third kappa shape index (κ3) is 4.01. The zero-order valence-electron chi connectivity index (χ0n) is 16.1. The second-order valence-corrected chi connectivity index (χ2v) is 7.48. The molecule has 2 aliphatic rings. The molecule has 0 amide bonds. The van der Waals surface area contributed by atoms with Gasteiger partial charge in [-0.1, -0.05) is 0 Å². The number of nitrogens with zero attached hydrogens (tertiary/aromatic N) is 7. The second-order valence-electron chi connectivity index (χ2n) is 7.48. The van der Waals surface area contributed by atoms with Gasteiger partial charge in [0, 0.05) is 63.9 Å². The maximum absolute atomic E-state index is 11.9. The quantitative estimate of drug-likeness (QED) is 0.760. The largest absolute Gasteiger partial charge is 0.354 e. The van der Waals surface area contributed by atoms with Crippen molar-refractivity contribution in [1.82, 2.24) is 29.5 Å². The first-order valence-corrected chi connectivity index (χ1v) is 9.63. The van der Waals surface area contributed by atoms with Gasteiger partial charge in [0.05, 0.1) is 17.9 Å². The summed E-state index contributed by atoms with van der Waals surface area (Å²) in [6.45, 7) is 9.20. The summed E-state index contributed by atoms with van der Waals surface area (Å²) in [4.78, 5) is 28.1. The molecule has 0 unspecified atom stereocenters. The molecule has 1 saturated heterocycles. The standard InChI is InChI=1S/C19H27N7O/c1-15-3-4-18(27)26(22-15)12-9-24-7-10-25(11-8-24)19-16-13-23(2)6-5-17(16)20-14-21-19/h3-4,14H,5-13H2,1-2H3. The van der Waals surface area contributed by atoms with Gasteiger partial charge < -0.3 is 9.80 Å². The second kappa shape index (κ2) is 7.74. The Balaban J connectivity index is 1.37. The molecule has 0 bridgehead atoms. The summed E-state index contributed by atoms with van der Waals surface area (Å²) in [6, 6.07) is 3.35. The molecule has 0 aromatic carbocycles. The number of rotatable bonds is 4. The van der Waals surface area contributed by atoms with E-state index in [0.29, 0.717) is 6.54 Å². The van der Waals surface area contributed by atoms with Crippen LogP contribution in [0.25, 0.3) is 0 Å². The molecule has 4 rings (SSSR count). The fraction of sp³-hybridized carbons (Fsp3) is 0.579. The molecule has 2 aromatic rings. The lowest BCUT2D eigenvalue weighted by Crippen LogP contribution is -2.48. The van der Waals surface area contributed by atoms with Crippen LogP contribution in [0.3, 0.4) is 0 Å². The zero-order valence-corrected chi connectivity index (χ0v) is 16.1. The number of hydrogen-bond acceptors (Lipinski definition) is 7. The first-order chi connectivity index (χ1) is 13.1. The van der Waals surface area contributed by atoms with Gasteiger partial charge >= 0.3 is 0 Å². The minimum Gasteiger partial charge on any atom is -0.354 e. The molecule has 0 N–H and O–H groups in total. The third-order valence-electron chi connectivity index (χ3n) is 5.47. The smallest absolute Gasteiger partial charge is 0.266 e. The topological polar surface area (TPSA) is 70.4 Å². The number of likely N-dealkylation sites (N-methyl/N-ethyl adjacent to an activating group) is 1. The molecular formula is C19H27N7O. The highest BCUT2D eigenvalue weighted by Gasteiger charge is 2.24. The predicted octanol–water partition coefficient (Wildman–Crippen LogP) is 0.152. The minimum atomic E-state index is -0.0315. The Labute approximate surface area is 159 Å². The normalized spacial score (nSPS) is 18.5. The van der Waals surface area contributed by atoms with Gasteiger partial charge in [0.15, 0.2) is 0 Å². The molecule has 0 spiro atoms. The van der Waals surface area contributed by atoms with E-state index in [9.17, 15) is 4.79 Å². The predicted molar refractivity (Wildman–Crippen MR) is 104 cm³/mol. The van der Waals surface area contributed by atoms with Crippen LogP contribution in [0.1, 0.15) is 17.0 Å². The summed E-state index contributed by atoms with van der Waals surface area (Å²) < 4.78 is 1.57. The van der Waals surface area contributed by atoms with Crippen molar-refractivity contribution < 1.29 is 0 Å². The summed E-state index contributed by atoms with van der Waals surface area (Å²) in [7, 11) is 2.15. The van der Waals surface area contributed by atoms with Crippen molar-refractivity contribution in [2.45, 2.75) is 26.4 Å². The van der Waals surface area contributed by atoms with Crippen LogP contribution in [0.5, 0.6) is 0 Å². The van der Waals surface area contributed by atoms with Gasteiger partial charge in [0.25, 0.3) is 5.56 Å². The monoisotopic (exact) mass is 369 g/mol. The highest BCUT2D eigenvalue weighted by molar-refractivity contribution is 5.49. The molecule has 8 heteroatoms. The van der Waals surface area contributed by atoms with Crippen molar-refractivity contribution in [2.24, 2.45) is 0 Å². The third-order valence-corrected chi connectivity index (χ3v) is 5.47. The number of hydrogen-bond donors (Lipinski definition) is 0. The molecule has 27 heavy (non-hydrogen) atoms. The Kier molecular flexibility index (Phi) is 5.18. The van der Waals surface area contributed by atoms with Crippen LogP contribution in [0.4, 0.5) is 5.82 Å². The van der Waals surface area contributed by atoms with Gasteiger partial charge in [-0.05, 0) is 20.0 Å². The van der Waals surface area contributed by atoms with Gasteiger partial charge in [-0.2, -0.15) is 5.10 Å². The maximum atomic E-state index is 11.9. The van der Waals surface area contributed by atoms with Crippen LogP contribution in [-0.2, 0) is 19.5 Å². The summed E-state index contributed by atoms with van der Waals surface area (Å²) >= 11 is 0. The fourth-order valence-electron chi connectivity index (χ4n) is 3.86. The number of aromatic nitrogens is 4. The SMILES string of the molecule is Cc1ccc(=O)n(CCN2CCN(c3ncnc4c3CN(C)CC4)CC2)n1. The van der Waals surface area contributed by atoms with Crippen LogP contribution in [0.2, 0.25) is 0 Å². The van der Waals surface area contributed by atoms with E-state index < -0.39 is 0 Å². The van der Waals surface area contributed by atoms with Crippen LogP contribution >= 0.6 is 0 Å². The van der Waals surface area contributed by atoms with E-state index in [0.717, 1.165) is 63.7 Å². The van der Waals surface area contributed by atoms with Crippen molar-refractivity contribution in [3.8, 4) is 0 Å². The van der Waals surface area contributed by atoms with Gasteiger partial charge in [-0.25, -0.2) is 14.6 Å². The van der Waals surface area contributed by atoms with E-state index in [2.05, 4.69) is 36.8 Å². The zero-order chi connectivity index (χ0) is 18.8. The highest BCUT2D eigenvalue weighted by atomic mass is 16.1. The van der Waals surface area contributed by atoms with Crippen LogP contribution in [-0.4, -0.2) is 75.9 Å². The summed E-state index contributed by atoms with van der Waals surface area (Å²) in [5, 5.41) is 4.32. The van der Waals surface area contributed by atoms with E-state index in [1.54, 1.807) is 23.1 Å². The van der Waals surface area contributed by atoms with E-state index in [-0.39, 0.29) is 5.56 Å². The molecule has 0 aliphatic carbocycles. The number of fused-ring (bicyclic) bond motifs is 1. The van der Waals surface area contributed by atoms with E-state index in [4.69, 9.17) is 0 Å². The molecular weight excluding hydrogens is 342 g/mol. The fourth-order valence-corrected chi connectivity index (χ4v) is 3.86. The summed E-state index contributed by atoms with van der Waals surface area (Å²) in [5.74, 6) is 1.10. The first-order valence-electron chi connectivity index (χ1n) is 9.63. The average Bonchev–Trinajstić information content (AvgIpc) is 2.68.